The Morgan fingerprint density at radius 1 is 1.37 bits per heavy atom. The topological polar surface area (TPSA) is 55.2 Å². The summed E-state index contributed by atoms with van der Waals surface area (Å²) < 4.78 is 0.527. The van der Waals surface area contributed by atoms with Gasteiger partial charge in [0.05, 0.1) is 9.40 Å². The van der Waals surface area contributed by atoms with Crippen molar-refractivity contribution >= 4 is 27.3 Å². The lowest BCUT2D eigenvalue weighted by atomic mass is 9.78. The van der Waals surface area contributed by atoms with E-state index in [1.54, 1.807) is 18.2 Å². The molecule has 1 fully saturated rings. The minimum absolute atomic E-state index is 0.107. The third-order valence-corrected chi connectivity index (χ3v) is 4.84. The molecule has 0 amide bonds. The van der Waals surface area contributed by atoms with Crippen molar-refractivity contribution < 1.29 is 4.92 Å². The van der Waals surface area contributed by atoms with Gasteiger partial charge in [0.1, 0.15) is 0 Å². The summed E-state index contributed by atoms with van der Waals surface area (Å²) in [5.41, 5.74) is 1.05. The van der Waals surface area contributed by atoms with Crippen LogP contribution in [0, 0.1) is 22.0 Å². The molecule has 1 N–H and O–H groups in total. The van der Waals surface area contributed by atoms with E-state index in [0.29, 0.717) is 16.4 Å². The third-order valence-electron chi connectivity index (χ3n) is 4.20. The second kappa shape index (κ2) is 5.90. The van der Waals surface area contributed by atoms with Crippen molar-refractivity contribution in [2.45, 2.75) is 39.2 Å². The van der Waals surface area contributed by atoms with E-state index in [2.05, 4.69) is 35.1 Å². The number of hydrogen-bond donors (Lipinski definition) is 1. The van der Waals surface area contributed by atoms with Crippen LogP contribution in [0.5, 0.6) is 0 Å². The van der Waals surface area contributed by atoms with Crippen LogP contribution in [0.15, 0.2) is 22.7 Å². The first-order valence-corrected chi connectivity index (χ1v) is 7.49. The van der Waals surface area contributed by atoms with Crippen LogP contribution in [0.25, 0.3) is 0 Å². The highest BCUT2D eigenvalue weighted by Crippen LogP contribution is 2.33. The van der Waals surface area contributed by atoms with Gasteiger partial charge < -0.3 is 5.32 Å². The molecule has 1 aliphatic rings. The van der Waals surface area contributed by atoms with Crippen LogP contribution in [-0.2, 0) is 0 Å². The van der Waals surface area contributed by atoms with Crippen molar-refractivity contribution in [3.63, 3.8) is 0 Å². The number of anilines is 1. The molecule has 19 heavy (non-hydrogen) atoms. The summed E-state index contributed by atoms with van der Waals surface area (Å²) in [6, 6.07) is 5.58. The van der Waals surface area contributed by atoms with Gasteiger partial charge in [0.2, 0.25) is 0 Å². The fourth-order valence-electron chi connectivity index (χ4n) is 2.74. The number of halogens is 1. The summed E-state index contributed by atoms with van der Waals surface area (Å²) in [6.07, 6.45) is 3.71. The first-order valence-electron chi connectivity index (χ1n) is 6.69. The van der Waals surface area contributed by atoms with Crippen molar-refractivity contribution in [1.29, 1.82) is 0 Å². The Bertz CT molecular complexity index is 479. The quantitative estimate of drug-likeness (QED) is 0.652. The lowest BCUT2D eigenvalue weighted by molar-refractivity contribution is -0.385. The van der Waals surface area contributed by atoms with Crippen LogP contribution in [-0.4, -0.2) is 11.0 Å². The molecule has 1 saturated carbocycles. The van der Waals surface area contributed by atoms with Crippen LogP contribution in [0.3, 0.4) is 0 Å². The average Bonchev–Trinajstić information content (AvgIpc) is 2.34. The number of nitrogens with one attached hydrogen (secondary N) is 1. The highest BCUT2D eigenvalue weighted by Gasteiger charge is 2.27. The molecule has 0 spiro atoms. The molecule has 1 aromatic carbocycles. The number of nitrogens with zero attached hydrogens (tertiary/aromatic N) is 1. The van der Waals surface area contributed by atoms with E-state index in [9.17, 15) is 10.1 Å². The molecular weight excluding hydrogens is 308 g/mol. The van der Waals surface area contributed by atoms with E-state index < -0.39 is 0 Å². The van der Waals surface area contributed by atoms with E-state index in [1.807, 2.05) is 0 Å². The van der Waals surface area contributed by atoms with Gasteiger partial charge in [-0.25, -0.2) is 0 Å². The number of benzene rings is 1. The van der Waals surface area contributed by atoms with E-state index in [1.165, 1.54) is 19.3 Å². The largest absolute Gasteiger partial charge is 0.382 e. The maximum Gasteiger partial charge on any atom is 0.283 e. The fraction of sp³-hybridized carbons (Fsp3) is 0.571. The van der Waals surface area contributed by atoms with Gasteiger partial charge in [-0.3, -0.25) is 10.1 Å². The van der Waals surface area contributed by atoms with Crippen molar-refractivity contribution in [3.8, 4) is 0 Å². The minimum atomic E-state index is -0.376. The summed E-state index contributed by atoms with van der Waals surface area (Å²) in [5.74, 6) is 1.36. The first kappa shape index (κ1) is 14.3. The van der Waals surface area contributed by atoms with E-state index in [0.717, 1.165) is 11.6 Å². The second-order valence-electron chi connectivity index (χ2n) is 5.44. The number of nitro groups is 1. The summed E-state index contributed by atoms with van der Waals surface area (Å²) >= 11 is 3.26. The van der Waals surface area contributed by atoms with Crippen molar-refractivity contribution in [1.82, 2.24) is 0 Å². The van der Waals surface area contributed by atoms with Crippen molar-refractivity contribution in [3.05, 3.63) is 32.8 Å². The zero-order chi connectivity index (χ0) is 14.0. The molecule has 104 valence electrons. The standard InChI is InChI=1S/C14H19BrN2O2/c1-9-4-3-5-13(10(9)2)16-11-6-7-14(17(18)19)12(15)8-11/h6-10,13,16H,3-5H2,1-2H3. The smallest absolute Gasteiger partial charge is 0.283 e. The van der Waals surface area contributed by atoms with Gasteiger partial charge in [0, 0.05) is 17.8 Å². The van der Waals surface area contributed by atoms with Crippen LogP contribution >= 0.6 is 15.9 Å². The summed E-state index contributed by atoms with van der Waals surface area (Å²) in [4.78, 5) is 10.4. The highest BCUT2D eigenvalue weighted by atomic mass is 79.9. The zero-order valence-electron chi connectivity index (χ0n) is 11.2. The van der Waals surface area contributed by atoms with Gasteiger partial charge in [-0.15, -0.1) is 0 Å². The Morgan fingerprint density at radius 2 is 2.11 bits per heavy atom. The Morgan fingerprint density at radius 3 is 2.74 bits per heavy atom. The van der Waals surface area contributed by atoms with Crippen LogP contribution < -0.4 is 5.32 Å². The molecular formula is C14H19BrN2O2. The molecule has 0 aromatic heterocycles. The van der Waals surface area contributed by atoms with Crippen LogP contribution in [0.1, 0.15) is 33.1 Å². The van der Waals surface area contributed by atoms with Crippen LogP contribution in [0.4, 0.5) is 11.4 Å². The Kier molecular flexibility index (Phi) is 4.45. The van der Waals surface area contributed by atoms with Gasteiger partial charge in [-0.1, -0.05) is 26.7 Å². The Balaban J connectivity index is 2.11. The summed E-state index contributed by atoms with van der Waals surface area (Å²) in [6.45, 7) is 4.58. The molecule has 0 heterocycles. The van der Waals surface area contributed by atoms with Gasteiger partial charge in [0.25, 0.3) is 5.69 Å². The van der Waals surface area contributed by atoms with Gasteiger partial charge in [-0.2, -0.15) is 0 Å². The highest BCUT2D eigenvalue weighted by molar-refractivity contribution is 9.10. The van der Waals surface area contributed by atoms with Gasteiger partial charge in [-0.05, 0) is 46.3 Å². The van der Waals surface area contributed by atoms with Gasteiger partial charge >= 0.3 is 0 Å². The molecule has 0 aliphatic heterocycles. The Labute approximate surface area is 121 Å². The normalized spacial score (nSPS) is 27.0. The predicted molar refractivity (Wildman–Crippen MR) is 80.4 cm³/mol. The molecule has 3 atom stereocenters. The number of hydrogen-bond acceptors (Lipinski definition) is 3. The van der Waals surface area contributed by atoms with Gasteiger partial charge in [0.15, 0.2) is 0 Å². The van der Waals surface area contributed by atoms with E-state index >= 15 is 0 Å². The molecule has 0 bridgehead atoms. The van der Waals surface area contributed by atoms with E-state index in [-0.39, 0.29) is 10.6 Å². The van der Waals surface area contributed by atoms with Crippen molar-refractivity contribution in [2.75, 3.05) is 5.32 Å². The maximum atomic E-state index is 10.8. The monoisotopic (exact) mass is 326 g/mol. The lowest BCUT2D eigenvalue weighted by Gasteiger charge is -2.35. The average molecular weight is 327 g/mol. The van der Waals surface area contributed by atoms with Crippen LogP contribution in [0.2, 0.25) is 0 Å². The SMILES string of the molecule is CC1CCCC(Nc2ccc([N+](=O)[O-])c(Br)c2)C1C. The third kappa shape index (κ3) is 3.26. The number of nitro benzene ring substituents is 1. The Hall–Kier alpha value is -1.10. The molecule has 1 aromatic rings. The molecule has 5 heteroatoms. The fourth-order valence-corrected chi connectivity index (χ4v) is 3.27. The molecule has 0 saturated heterocycles. The second-order valence-corrected chi connectivity index (χ2v) is 6.30. The molecule has 1 aliphatic carbocycles. The molecule has 4 nitrogen and oxygen atoms in total. The molecule has 3 unspecified atom stereocenters. The summed E-state index contributed by atoms with van der Waals surface area (Å²) in [7, 11) is 0. The predicted octanol–water partition coefficient (Wildman–Crippen LogP) is 4.59. The molecule has 2 rings (SSSR count). The van der Waals surface area contributed by atoms with E-state index in [4.69, 9.17) is 0 Å². The minimum Gasteiger partial charge on any atom is -0.382 e. The molecule has 0 radical (unpaired) electrons. The first-order chi connectivity index (χ1) is 8.99. The zero-order valence-corrected chi connectivity index (χ0v) is 12.8. The number of rotatable bonds is 3. The van der Waals surface area contributed by atoms with Crippen molar-refractivity contribution in [2.24, 2.45) is 11.8 Å². The summed E-state index contributed by atoms with van der Waals surface area (Å²) in [5, 5.41) is 14.3. The lowest BCUT2D eigenvalue weighted by Crippen LogP contribution is -2.34. The maximum absolute atomic E-state index is 10.8.